The number of ether oxygens (including phenoxy) is 1. The summed E-state index contributed by atoms with van der Waals surface area (Å²) in [4.78, 5) is 9.35. The van der Waals surface area contributed by atoms with Crippen LogP contribution in [0.2, 0.25) is 0 Å². The lowest BCUT2D eigenvalue weighted by atomic mass is 10.1. The van der Waals surface area contributed by atoms with E-state index in [2.05, 4.69) is 72.9 Å². The van der Waals surface area contributed by atoms with Gasteiger partial charge >= 0.3 is 0 Å². The summed E-state index contributed by atoms with van der Waals surface area (Å²) in [5.74, 6) is 2.19. The molecule has 1 atom stereocenters. The molecule has 5 nitrogen and oxygen atoms in total. The van der Waals surface area contributed by atoms with Crippen LogP contribution in [0.1, 0.15) is 18.9 Å². The van der Waals surface area contributed by atoms with Crippen molar-refractivity contribution >= 4 is 39.3 Å². The Balaban J connectivity index is 1.68. The van der Waals surface area contributed by atoms with Gasteiger partial charge in [0.1, 0.15) is 0 Å². The van der Waals surface area contributed by atoms with Gasteiger partial charge in [0, 0.05) is 60.9 Å². The molecule has 3 rings (SSSR count). The molecule has 0 saturated carbocycles. The number of hydrogen-bond donors (Lipinski definition) is 1. The number of morpholine rings is 1. The van der Waals surface area contributed by atoms with Crippen LogP contribution in [0.25, 0.3) is 0 Å². The van der Waals surface area contributed by atoms with Gasteiger partial charge in [0.15, 0.2) is 5.96 Å². The van der Waals surface area contributed by atoms with E-state index >= 15 is 0 Å². The first-order chi connectivity index (χ1) is 12.7. The van der Waals surface area contributed by atoms with Crippen LogP contribution in [0.5, 0.6) is 0 Å². The summed E-state index contributed by atoms with van der Waals surface area (Å²) in [6, 6.07) is 6.54. The van der Waals surface area contributed by atoms with Crippen molar-refractivity contribution in [3.63, 3.8) is 0 Å². The van der Waals surface area contributed by atoms with Crippen molar-refractivity contribution in [1.82, 2.24) is 10.2 Å². The van der Waals surface area contributed by atoms with Gasteiger partial charge in [-0.1, -0.05) is 28.9 Å². The minimum absolute atomic E-state index is 0.707. The molecule has 1 aromatic rings. The fourth-order valence-electron chi connectivity index (χ4n) is 3.45. The zero-order chi connectivity index (χ0) is 18.4. The maximum atomic E-state index is 5.51. The Hall–Kier alpha value is -0.920. The highest BCUT2D eigenvalue weighted by Gasteiger charge is 2.22. The number of benzene rings is 1. The monoisotopic (exact) mass is 440 g/mol. The molecule has 2 saturated heterocycles. The number of thioether (sulfide) groups is 1. The van der Waals surface area contributed by atoms with Crippen molar-refractivity contribution in [2.45, 2.75) is 25.1 Å². The average molecular weight is 441 g/mol. The summed E-state index contributed by atoms with van der Waals surface area (Å²) < 4.78 is 6.63. The van der Waals surface area contributed by atoms with Gasteiger partial charge < -0.3 is 19.9 Å². The smallest absolute Gasteiger partial charge is 0.193 e. The lowest BCUT2D eigenvalue weighted by Crippen LogP contribution is -2.47. The Morgan fingerprint density at radius 2 is 2.15 bits per heavy atom. The first kappa shape index (κ1) is 19.8. The summed E-state index contributed by atoms with van der Waals surface area (Å²) in [6.45, 7) is 8.69. The van der Waals surface area contributed by atoms with Crippen molar-refractivity contribution < 1.29 is 4.74 Å². The second kappa shape index (κ2) is 9.85. The summed E-state index contributed by atoms with van der Waals surface area (Å²) in [7, 11) is 1.88. The maximum Gasteiger partial charge on any atom is 0.193 e. The highest BCUT2D eigenvalue weighted by Crippen LogP contribution is 2.26. The van der Waals surface area contributed by atoms with Gasteiger partial charge in [-0.15, -0.1) is 0 Å². The number of rotatable bonds is 4. The zero-order valence-electron chi connectivity index (χ0n) is 15.7. The first-order valence-corrected chi connectivity index (χ1v) is 11.2. The summed E-state index contributed by atoms with van der Waals surface area (Å²) in [5, 5.41) is 4.30. The van der Waals surface area contributed by atoms with Crippen molar-refractivity contribution in [2.75, 3.05) is 57.1 Å². The SMILES string of the molecule is CCC1CN(C(=NC)NCc2ccc(Br)cc2N2CCOCC2)CCS1. The highest BCUT2D eigenvalue weighted by atomic mass is 79.9. The normalized spacial score (nSPS) is 21.8. The molecule has 0 aliphatic carbocycles. The van der Waals surface area contributed by atoms with E-state index in [0.29, 0.717) is 5.25 Å². The number of nitrogens with one attached hydrogen (secondary N) is 1. The van der Waals surface area contributed by atoms with Crippen LogP contribution in [0.15, 0.2) is 27.7 Å². The molecule has 0 radical (unpaired) electrons. The zero-order valence-corrected chi connectivity index (χ0v) is 18.1. The lowest BCUT2D eigenvalue weighted by Gasteiger charge is -2.35. The quantitative estimate of drug-likeness (QED) is 0.574. The van der Waals surface area contributed by atoms with Gasteiger partial charge in [0.25, 0.3) is 0 Å². The lowest BCUT2D eigenvalue weighted by molar-refractivity contribution is 0.122. The minimum Gasteiger partial charge on any atom is -0.378 e. The van der Waals surface area contributed by atoms with Crippen LogP contribution in [0, 0.1) is 0 Å². The molecule has 2 aliphatic rings. The molecule has 0 amide bonds. The molecule has 2 heterocycles. The van der Waals surface area contributed by atoms with Crippen LogP contribution in [-0.4, -0.2) is 68.3 Å². The van der Waals surface area contributed by atoms with Crippen molar-refractivity contribution in [1.29, 1.82) is 0 Å². The molecular formula is C19H29BrN4OS. The van der Waals surface area contributed by atoms with Crippen molar-refractivity contribution in [3.05, 3.63) is 28.2 Å². The summed E-state index contributed by atoms with van der Waals surface area (Å²) >= 11 is 5.71. The molecule has 1 aromatic carbocycles. The Morgan fingerprint density at radius 1 is 1.35 bits per heavy atom. The molecule has 2 fully saturated rings. The largest absolute Gasteiger partial charge is 0.378 e. The van der Waals surface area contributed by atoms with E-state index < -0.39 is 0 Å². The first-order valence-electron chi connectivity index (χ1n) is 9.39. The van der Waals surface area contributed by atoms with Gasteiger partial charge in [0.2, 0.25) is 0 Å². The summed E-state index contributed by atoms with van der Waals surface area (Å²) in [5.41, 5.74) is 2.58. The van der Waals surface area contributed by atoms with Gasteiger partial charge in [-0.05, 0) is 24.1 Å². The molecule has 0 aromatic heterocycles. The van der Waals surface area contributed by atoms with Crippen molar-refractivity contribution in [2.24, 2.45) is 4.99 Å². The second-order valence-corrected chi connectivity index (χ2v) is 8.94. The number of aliphatic imine (C=N–C) groups is 1. The molecular weight excluding hydrogens is 412 g/mol. The number of anilines is 1. The Labute approximate surface area is 169 Å². The predicted molar refractivity (Wildman–Crippen MR) is 115 cm³/mol. The second-order valence-electron chi connectivity index (χ2n) is 6.62. The van der Waals surface area contributed by atoms with Crippen LogP contribution in [0.3, 0.4) is 0 Å². The number of guanidine groups is 1. The maximum absolute atomic E-state index is 5.51. The van der Waals surface area contributed by atoms with Gasteiger partial charge in [0.05, 0.1) is 13.2 Å². The van der Waals surface area contributed by atoms with E-state index in [0.717, 1.165) is 56.4 Å². The van der Waals surface area contributed by atoms with Gasteiger partial charge in [-0.2, -0.15) is 11.8 Å². The van der Waals surface area contributed by atoms with E-state index in [1.807, 2.05) is 7.05 Å². The number of nitrogens with zero attached hydrogens (tertiary/aromatic N) is 3. The Morgan fingerprint density at radius 3 is 2.88 bits per heavy atom. The summed E-state index contributed by atoms with van der Waals surface area (Å²) in [6.07, 6.45) is 1.21. The predicted octanol–water partition coefficient (Wildman–Crippen LogP) is 3.19. The Kier molecular flexibility index (Phi) is 7.52. The van der Waals surface area contributed by atoms with Crippen LogP contribution >= 0.6 is 27.7 Å². The molecule has 26 heavy (non-hydrogen) atoms. The van der Waals surface area contributed by atoms with E-state index in [9.17, 15) is 0 Å². The van der Waals surface area contributed by atoms with E-state index in [4.69, 9.17) is 4.74 Å². The van der Waals surface area contributed by atoms with Crippen LogP contribution in [-0.2, 0) is 11.3 Å². The number of hydrogen-bond acceptors (Lipinski definition) is 4. The minimum atomic E-state index is 0.707. The standard InChI is InChI=1S/C19H29BrN4OS/c1-3-17-14-24(8-11-26-17)19(21-2)22-13-15-4-5-16(20)12-18(15)23-6-9-25-10-7-23/h4-5,12,17H,3,6-11,13-14H2,1-2H3,(H,21,22). The Bertz CT molecular complexity index is 622. The third kappa shape index (κ3) is 5.08. The molecule has 7 heteroatoms. The molecule has 0 spiro atoms. The van der Waals surface area contributed by atoms with E-state index in [1.54, 1.807) is 0 Å². The topological polar surface area (TPSA) is 40.1 Å². The van der Waals surface area contributed by atoms with Crippen LogP contribution in [0.4, 0.5) is 5.69 Å². The third-order valence-corrected chi connectivity index (χ3v) is 6.81. The van der Waals surface area contributed by atoms with Crippen molar-refractivity contribution in [3.8, 4) is 0 Å². The fourth-order valence-corrected chi connectivity index (χ4v) is 4.98. The molecule has 144 valence electrons. The van der Waals surface area contributed by atoms with E-state index in [1.165, 1.54) is 23.4 Å². The molecule has 1 unspecified atom stereocenters. The highest BCUT2D eigenvalue weighted by molar-refractivity contribution is 9.10. The van der Waals surface area contributed by atoms with Crippen LogP contribution < -0.4 is 10.2 Å². The average Bonchev–Trinajstić information content (AvgIpc) is 2.70. The van der Waals surface area contributed by atoms with Gasteiger partial charge in [-0.25, -0.2) is 0 Å². The number of halogens is 1. The third-order valence-electron chi connectivity index (χ3n) is 4.94. The molecule has 2 aliphatic heterocycles. The fraction of sp³-hybridized carbons (Fsp3) is 0.632. The molecule has 0 bridgehead atoms. The van der Waals surface area contributed by atoms with Gasteiger partial charge in [-0.3, -0.25) is 4.99 Å². The molecule has 1 N–H and O–H groups in total. The van der Waals surface area contributed by atoms with E-state index in [-0.39, 0.29) is 0 Å².